The molecule has 0 bridgehead atoms. The average molecular weight is 461 g/mol. The van der Waals surface area contributed by atoms with Crippen LogP contribution in [0.5, 0.6) is 0 Å². The Labute approximate surface area is 197 Å². The van der Waals surface area contributed by atoms with Gasteiger partial charge in [-0.1, -0.05) is 6.07 Å². The molecule has 3 heterocycles. The van der Waals surface area contributed by atoms with Gasteiger partial charge in [0.1, 0.15) is 0 Å². The van der Waals surface area contributed by atoms with Crippen LogP contribution in [0.25, 0.3) is 11.4 Å². The largest absolute Gasteiger partial charge is 0.354 e. The van der Waals surface area contributed by atoms with Crippen molar-refractivity contribution < 1.29 is 9.59 Å². The Balaban J connectivity index is 1.23. The minimum Gasteiger partial charge on any atom is -0.354 e. The minimum atomic E-state index is -0.416. The summed E-state index contributed by atoms with van der Waals surface area (Å²) >= 11 is 0. The fourth-order valence-corrected chi connectivity index (χ4v) is 4.38. The molecule has 3 aromatic rings. The van der Waals surface area contributed by atoms with E-state index in [-0.39, 0.29) is 43.1 Å². The highest BCUT2D eigenvalue weighted by atomic mass is 16.2. The molecule has 176 valence electrons. The van der Waals surface area contributed by atoms with Gasteiger partial charge in [0.15, 0.2) is 5.82 Å². The van der Waals surface area contributed by atoms with Crippen molar-refractivity contribution >= 4 is 17.5 Å². The lowest BCUT2D eigenvalue weighted by Crippen LogP contribution is -2.36. The molecule has 1 unspecified atom stereocenters. The molecule has 1 saturated heterocycles. The summed E-state index contributed by atoms with van der Waals surface area (Å²) in [5.41, 5.74) is 3.72. The van der Waals surface area contributed by atoms with Crippen molar-refractivity contribution in [3.63, 3.8) is 0 Å². The smallest absolute Gasteiger partial charge is 0.346 e. The molecule has 0 radical (unpaired) electrons. The van der Waals surface area contributed by atoms with Gasteiger partial charge in [-0.2, -0.15) is 0 Å². The summed E-state index contributed by atoms with van der Waals surface area (Å²) in [5.74, 6) is -0.0380. The molecule has 34 heavy (non-hydrogen) atoms. The molecule has 9 nitrogen and oxygen atoms in total. The van der Waals surface area contributed by atoms with Crippen LogP contribution in [0.2, 0.25) is 0 Å². The Morgan fingerprint density at radius 3 is 2.68 bits per heavy atom. The topological polar surface area (TPSA) is 102 Å². The summed E-state index contributed by atoms with van der Waals surface area (Å²) in [6.45, 7) is 4.92. The van der Waals surface area contributed by atoms with Gasteiger partial charge in [-0.05, 0) is 62.1 Å². The maximum atomic E-state index is 12.9. The van der Waals surface area contributed by atoms with Crippen LogP contribution in [-0.2, 0) is 16.1 Å². The minimum absolute atomic E-state index is 0.0519. The van der Waals surface area contributed by atoms with E-state index in [1.165, 1.54) is 4.68 Å². The number of hydrogen-bond donors (Lipinski definition) is 1. The van der Waals surface area contributed by atoms with Crippen LogP contribution in [-0.4, -0.2) is 44.2 Å². The molecule has 9 heteroatoms. The van der Waals surface area contributed by atoms with Crippen molar-refractivity contribution in [2.45, 2.75) is 45.7 Å². The summed E-state index contributed by atoms with van der Waals surface area (Å²) in [6.07, 6.45) is 5.49. The van der Waals surface area contributed by atoms with E-state index in [2.05, 4.69) is 15.4 Å². The molecule has 1 N–H and O–H groups in total. The van der Waals surface area contributed by atoms with Crippen LogP contribution in [0.15, 0.2) is 47.5 Å². The number of nitrogens with one attached hydrogen (secondary N) is 1. The number of amides is 2. The lowest BCUT2D eigenvalue weighted by molar-refractivity contribution is -0.126. The number of aryl methyl sites for hydroxylation is 2. The first kappa shape index (κ1) is 22.1. The highest BCUT2D eigenvalue weighted by Gasteiger charge is 2.35. The number of benzene rings is 1. The van der Waals surface area contributed by atoms with Crippen LogP contribution < -0.4 is 15.9 Å². The third-order valence-electron chi connectivity index (χ3n) is 6.62. The van der Waals surface area contributed by atoms with Crippen molar-refractivity contribution in [3.8, 4) is 11.4 Å². The fraction of sp³-hybridized carbons (Fsp3) is 0.400. The molecular weight excluding hydrogens is 432 g/mol. The second-order valence-electron chi connectivity index (χ2n) is 9.14. The van der Waals surface area contributed by atoms with E-state index in [4.69, 9.17) is 0 Å². The Kier molecular flexibility index (Phi) is 5.77. The Bertz CT molecular complexity index is 1290. The highest BCUT2D eigenvalue weighted by Crippen LogP contribution is 2.36. The molecule has 5 rings (SSSR count). The zero-order chi connectivity index (χ0) is 23.8. The number of carbonyl (C=O) groups excluding carboxylic acids is 2. The molecule has 2 aliphatic rings. The molecule has 1 atom stereocenters. The van der Waals surface area contributed by atoms with Gasteiger partial charge < -0.3 is 10.2 Å². The molecule has 2 fully saturated rings. The first-order chi connectivity index (χ1) is 16.4. The maximum Gasteiger partial charge on any atom is 0.346 e. The van der Waals surface area contributed by atoms with Crippen LogP contribution in [0.3, 0.4) is 0 Å². The summed E-state index contributed by atoms with van der Waals surface area (Å²) in [7, 11) is 0. The monoisotopic (exact) mass is 460 g/mol. The van der Waals surface area contributed by atoms with Gasteiger partial charge in [0.25, 0.3) is 0 Å². The molecule has 1 aliphatic carbocycles. The number of hydrogen-bond acceptors (Lipinski definition) is 5. The van der Waals surface area contributed by atoms with Crippen molar-refractivity contribution in [3.05, 3.63) is 64.3 Å². The quantitative estimate of drug-likeness (QED) is 0.583. The van der Waals surface area contributed by atoms with E-state index in [9.17, 15) is 14.4 Å². The summed E-state index contributed by atoms with van der Waals surface area (Å²) < 4.78 is 3.14. The van der Waals surface area contributed by atoms with E-state index < -0.39 is 5.92 Å². The van der Waals surface area contributed by atoms with Gasteiger partial charge in [0.05, 0.1) is 12.5 Å². The third kappa shape index (κ3) is 4.25. The zero-order valence-electron chi connectivity index (χ0n) is 19.4. The van der Waals surface area contributed by atoms with Crippen LogP contribution in [0, 0.1) is 19.8 Å². The lowest BCUT2D eigenvalue weighted by atomic mass is 10.1. The molecule has 2 aromatic heterocycles. The predicted octanol–water partition coefficient (Wildman–Crippen LogP) is 2.23. The second-order valence-corrected chi connectivity index (χ2v) is 9.14. The standard InChI is InChI=1S/C25H28N6O3/c1-16-5-6-21(12-17(16)2)29-15-19(13-22(29)32)24(33)27-10-11-30-25(34)31(20-7-8-20)23(28-30)18-4-3-9-26-14-18/h3-6,9,12,14,19-20H,7-8,10-11,13,15H2,1-2H3,(H,27,33). The number of carbonyl (C=O) groups is 2. The van der Waals surface area contributed by atoms with Gasteiger partial charge in [-0.15, -0.1) is 5.10 Å². The number of anilines is 1. The zero-order valence-corrected chi connectivity index (χ0v) is 19.4. The van der Waals surface area contributed by atoms with E-state index in [1.54, 1.807) is 21.9 Å². The maximum absolute atomic E-state index is 12.9. The summed E-state index contributed by atoms with van der Waals surface area (Å²) in [5, 5.41) is 7.42. The van der Waals surface area contributed by atoms with Crippen molar-refractivity contribution in [1.82, 2.24) is 24.6 Å². The van der Waals surface area contributed by atoms with Crippen LogP contribution in [0.1, 0.15) is 36.4 Å². The number of pyridine rings is 1. The SMILES string of the molecule is Cc1ccc(N2CC(C(=O)NCCn3nc(-c4cccnc4)n(C4CC4)c3=O)CC2=O)cc1C. The Morgan fingerprint density at radius 1 is 1.15 bits per heavy atom. The number of nitrogens with zero attached hydrogens (tertiary/aromatic N) is 5. The third-order valence-corrected chi connectivity index (χ3v) is 6.62. The van der Waals surface area contributed by atoms with Gasteiger partial charge in [0.2, 0.25) is 11.8 Å². The molecule has 0 spiro atoms. The fourth-order valence-electron chi connectivity index (χ4n) is 4.38. The van der Waals surface area contributed by atoms with Gasteiger partial charge in [-0.3, -0.25) is 19.1 Å². The molecule has 2 amide bonds. The normalized spacial score (nSPS) is 17.9. The Hall–Kier alpha value is -3.75. The number of rotatable bonds is 7. The van der Waals surface area contributed by atoms with Gasteiger partial charge in [0, 0.05) is 49.2 Å². The van der Waals surface area contributed by atoms with Crippen molar-refractivity contribution in [1.29, 1.82) is 0 Å². The first-order valence-electron chi connectivity index (χ1n) is 11.7. The molecule has 1 aromatic carbocycles. The van der Waals surface area contributed by atoms with Gasteiger partial charge >= 0.3 is 5.69 Å². The first-order valence-corrected chi connectivity index (χ1v) is 11.7. The van der Waals surface area contributed by atoms with Crippen LogP contribution in [0.4, 0.5) is 5.69 Å². The Morgan fingerprint density at radius 2 is 1.97 bits per heavy atom. The van der Waals surface area contributed by atoms with Crippen LogP contribution >= 0.6 is 0 Å². The van der Waals surface area contributed by atoms with E-state index in [1.807, 2.05) is 44.2 Å². The van der Waals surface area contributed by atoms with Gasteiger partial charge in [-0.25, -0.2) is 9.48 Å². The number of aromatic nitrogens is 4. The van der Waals surface area contributed by atoms with Crippen molar-refractivity contribution in [2.75, 3.05) is 18.0 Å². The molecule has 1 aliphatic heterocycles. The van der Waals surface area contributed by atoms with E-state index in [0.717, 1.165) is 35.2 Å². The van der Waals surface area contributed by atoms with Crippen molar-refractivity contribution in [2.24, 2.45) is 5.92 Å². The molecular formula is C25H28N6O3. The summed E-state index contributed by atoms with van der Waals surface area (Å²) in [4.78, 5) is 44.1. The second kappa shape index (κ2) is 8.89. The lowest BCUT2D eigenvalue weighted by Gasteiger charge is -2.18. The predicted molar refractivity (Wildman–Crippen MR) is 127 cm³/mol. The van der Waals surface area contributed by atoms with E-state index in [0.29, 0.717) is 12.4 Å². The average Bonchev–Trinajstić information content (AvgIpc) is 3.51. The highest BCUT2D eigenvalue weighted by molar-refractivity contribution is 6.00. The molecule has 1 saturated carbocycles. The van der Waals surface area contributed by atoms with E-state index >= 15 is 0 Å². The summed E-state index contributed by atoms with van der Waals surface area (Å²) in [6, 6.07) is 9.77.